The van der Waals surface area contributed by atoms with Gasteiger partial charge in [0.1, 0.15) is 0 Å². The number of hydrogen-bond donors (Lipinski definition) is 3. The van der Waals surface area contributed by atoms with Crippen molar-refractivity contribution in [3.63, 3.8) is 0 Å². The molecule has 0 aromatic heterocycles. The average molecular weight is 200 g/mol. The maximum Gasteiger partial charge on any atom is 0.247 e. The standard InChI is InChI=1S/C9H16N2O3/c1-5-2-3-6(9(13)11-14)7(4-5)8(10)12/h5-7,14H,2-4H2,1H3,(H2,10,12)(H,11,13). The monoisotopic (exact) mass is 200 g/mol. The summed E-state index contributed by atoms with van der Waals surface area (Å²) in [5.41, 5.74) is 6.80. The number of nitrogens with two attached hydrogens (primary N) is 1. The third kappa shape index (κ3) is 2.23. The Bertz CT molecular complexity index is 242. The molecule has 0 spiro atoms. The van der Waals surface area contributed by atoms with E-state index < -0.39 is 23.7 Å². The number of carbonyl (C=O) groups is 2. The molecule has 2 amide bonds. The van der Waals surface area contributed by atoms with Crippen LogP contribution in [0.15, 0.2) is 0 Å². The number of rotatable bonds is 2. The highest BCUT2D eigenvalue weighted by atomic mass is 16.5. The van der Waals surface area contributed by atoms with E-state index in [1.165, 1.54) is 0 Å². The maximum atomic E-state index is 11.2. The van der Waals surface area contributed by atoms with Crippen LogP contribution in [0.1, 0.15) is 26.2 Å². The zero-order chi connectivity index (χ0) is 10.7. The van der Waals surface area contributed by atoms with Crippen molar-refractivity contribution in [3.05, 3.63) is 0 Å². The van der Waals surface area contributed by atoms with E-state index in [0.29, 0.717) is 18.8 Å². The number of hydroxylamine groups is 1. The fraction of sp³-hybridized carbons (Fsp3) is 0.778. The summed E-state index contributed by atoms with van der Waals surface area (Å²) < 4.78 is 0. The van der Waals surface area contributed by atoms with E-state index in [4.69, 9.17) is 10.9 Å². The summed E-state index contributed by atoms with van der Waals surface area (Å²) in [6, 6.07) is 0. The van der Waals surface area contributed by atoms with Gasteiger partial charge in [-0.3, -0.25) is 14.8 Å². The van der Waals surface area contributed by atoms with E-state index in [1.807, 2.05) is 6.92 Å². The fourth-order valence-electron chi connectivity index (χ4n) is 2.09. The van der Waals surface area contributed by atoms with Gasteiger partial charge in [-0.15, -0.1) is 0 Å². The third-order valence-corrected chi connectivity index (χ3v) is 2.92. The van der Waals surface area contributed by atoms with Gasteiger partial charge in [-0.25, -0.2) is 5.48 Å². The molecule has 0 aromatic carbocycles. The molecule has 1 saturated carbocycles. The van der Waals surface area contributed by atoms with Crippen LogP contribution in [0.5, 0.6) is 0 Å². The Morgan fingerprint density at radius 1 is 1.36 bits per heavy atom. The molecule has 3 unspecified atom stereocenters. The molecule has 3 atom stereocenters. The summed E-state index contributed by atoms with van der Waals surface area (Å²) in [6.07, 6.45) is 2.14. The van der Waals surface area contributed by atoms with Crippen molar-refractivity contribution in [1.82, 2.24) is 5.48 Å². The number of amides is 2. The molecule has 0 aromatic rings. The van der Waals surface area contributed by atoms with Crippen molar-refractivity contribution in [2.24, 2.45) is 23.5 Å². The van der Waals surface area contributed by atoms with Crippen molar-refractivity contribution in [1.29, 1.82) is 0 Å². The van der Waals surface area contributed by atoms with Crippen LogP contribution < -0.4 is 11.2 Å². The van der Waals surface area contributed by atoms with Crippen molar-refractivity contribution < 1.29 is 14.8 Å². The maximum absolute atomic E-state index is 11.2. The summed E-state index contributed by atoms with van der Waals surface area (Å²) in [5.74, 6) is -1.44. The van der Waals surface area contributed by atoms with Crippen LogP contribution in [0.25, 0.3) is 0 Å². The van der Waals surface area contributed by atoms with Gasteiger partial charge in [-0.1, -0.05) is 6.92 Å². The van der Waals surface area contributed by atoms with E-state index in [-0.39, 0.29) is 0 Å². The first-order valence-electron chi connectivity index (χ1n) is 4.79. The number of nitrogens with one attached hydrogen (secondary N) is 1. The van der Waals surface area contributed by atoms with Crippen molar-refractivity contribution in [2.75, 3.05) is 0 Å². The molecule has 1 rings (SSSR count). The third-order valence-electron chi connectivity index (χ3n) is 2.92. The molecule has 1 fully saturated rings. The molecule has 5 nitrogen and oxygen atoms in total. The quantitative estimate of drug-likeness (QED) is 0.433. The van der Waals surface area contributed by atoms with E-state index in [9.17, 15) is 9.59 Å². The fourth-order valence-corrected chi connectivity index (χ4v) is 2.09. The lowest BCUT2D eigenvalue weighted by molar-refractivity contribution is -0.141. The van der Waals surface area contributed by atoms with E-state index in [0.717, 1.165) is 6.42 Å². The van der Waals surface area contributed by atoms with Gasteiger partial charge in [-0.05, 0) is 25.2 Å². The smallest absolute Gasteiger partial charge is 0.247 e. The summed E-state index contributed by atoms with van der Waals surface area (Å²) in [5, 5.41) is 8.50. The summed E-state index contributed by atoms with van der Waals surface area (Å²) >= 11 is 0. The average Bonchev–Trinajstić information content (AvgIpc) is 2.16. The summed E-state index contributed by atoms with van der Waals surface area (Å²) in [7, 11) is 0. The Labute approximate surface area is 82.6 Å². The highest BCUT2D eigenvalue weighted by molar-refractivity contribution is 5.86. The zero-order valence-corrected chi connectivity index (χ0v) is 8.19. The minimum atomic E-state index is -0.499. The van der Waals surface area contributed by atoms with E-state index in [2.05, 4.69) is 0 Å². The van der Waals surface area contributed by atoms with E-state index in [1.54, 1.807) is 5.48 Å². The van der Waals surface area contributed by atoms with Crippen molar-refractivity contribution in [2.45, 2.75) is 26.2 Å². The Morgan fingerprint density at radius 3 is 2.50 bits per heavy atom. The normalized spacial score (nSPS) is 32.3. The summed E-state index contributed by atoms with van der Waals surface area (Å²) in [4.78, 5) is 22.3. The molecular weight excluding hydrogens is 184 g/mol. The number of hydrogen-bond acceptors (Lipinski definition) is 3. The molecule has 0 radical (unpaired) electrons. The molecule has 0 heterocycles. The van der Waals surface area contributed by atoms with Gasteiger partial charge in [-0.2, -0.15) is 0 Å². The molecule has 0 saturated heterocycles. The Morgan fingerprint density at radius 2 is 2.00 bits per heavy atom. The van der Waals surface area contributed by atoms with Gasteiger partial charge in [0, 0.05) is 5.92 Å². The lowest BCUT2D eigenvalue weighted by Crippen LogP contribution is -2.42. The van der Waals surface area contributed by atoms with Crippen LogP contribution in [0.2, 0.25) is 0 Å². The predicted molar refractivity (Wildman–Crippen MR) is 49.1 cm³/mol. The predicted octanol–water partition coefficient (Wildman–Crippen LogP) is 0.0295. The molecule has 5 heteroatoms. The first-order valence-corrected chi connectivity index (χ1v) is 4.79. The second-order valence-corrected chi connectivity index (χ2v) is 4.01. The Kier molecular flexibility index (Phi) is 3.46. The molecule has 0 aliphatic heterocycles. The molecule has 0 bridgehead atoms. The first kappa shape index (κ1) is 11.0. The van der Waals surface area contributed by atoms with Gasteiger partial charge in [0.2, 0.25) is 11.8 Å². The Hall–Kier alpha value is -1.10. The lowest BCUT2D eigenvalue weighted by Gasteiger charge is -2.31. The number of primary amides is 1. The lowest BCUT2D eigenvalue weighted by atomic mass is 9.74. The van der Waals surface area contributed by atoms with Crippen LogP contribution >= 0.6 is 0 Å². The highest BCUT2D eigenvalue weighted by Gasteiger charge is 2.36. The second-order valence-electron chi connectivity index (χ2n) is 4.01. The second kappa shape index (κ2) is 4.41. The van der Waals surface area contributed by atoms with Crippen molar-refractivity contribution in [3.8, 4) is 0 Å². The minimum Gasteiger partial charge on any atom is -0.369 e. The zero-order valence-electron chi connectivity index (χ0n) is 8.19. The molecule has 1 aliphatic carbocycles. The van der Waals surface area contributed by atoms with Gasteiger partial charge in [0.05, 0.1) is 5.92 Å². The summed E-state index contributed by atoms with van der Waals surface area (Å²) in [6.45, 7) is 2.03. The SMILES string of the molecule is CC1CCC(C(=O)NO)C(C(N)=O)C1. The van der Waals surface area contributed by atoms with Gasteiger partial charge in [0.15, 0.2) is 0 Å². The molecule has 1 aliphatic rings. The molecular formula is C9H16N2O3. The van der Waals surface area contributed by atoms with Gasteiger partial charge >= 0.3 is 0 Å². The molecule has 14 heavy (non-hydrogen) atoms. The molecule has 80 valence electrons. The van der Waals surface area contributed by atoms with Crippen molar-refractivity contribution >= 4 is 11.8 Å². The van der Waals surface area contributed by atoms with Crippen LogP contribution in [-0.2, 0) is 9.59 Å². The van der Waals surface area contributed by atoms with E-state index >= 15 is 0 Å². The largest absolute Gasteiger partial charge is 0.369 e. The molecule has 4 N–H and O–H groups in total. The topological polar surface area (TPSA) is 92.4 Å². The number of carbonyl (C=O) groups excluding carboxylic acids is 2. The van der Waals surface area contributed by atoms with Crippen LogP contribution in [0.3, 0.4) is 0 Å². The van der Waals surface area contributed by atoms with Crippen LogP contribution in [0.4, 0.5) is 0 Å². The van der Waals surface area contributed by atoms with Gasteiger partial charge < -0.3 is 5.73 Å². The Balaban J connectivity index is 2.72. The van der Waals surface area contributed by atoms with Crippen LogP contribution in [0, 0.1) is 17.8 Å². The minimum absolute atomic E-state index is 0.412. The van der Waals surface area contributed by atoms with Crippen LogP contribution in [-0.4, -0.2) is 17.0 Å². The highest BCUT2D eigenvalue weighted by Crippen LogP contribution is 2.33. The van der Waals surface area contributed by atoms with Gasteiger partial charge in [0.25, 0.3) is 0 Å². The first-order chi connectivity index (χ1) is 6.56.